The predicted octanol–water partition coefficient (Wildman–Crippen LogP) is 1.40. The van der Waals surface area contributed by atoms with Crippen LogP contribution >= 0.6 is 23.2 Å². The Hall–Kier alpha value is -0.600. The molecule has 5 rings (SSSR count). The van der Waals surface area contributed by atoms with Gasteiger partial charge in [0, 0.05) is 17.6 Å². The second-order valence-electron chi connectivity index (χ2n) is 8.84. The molecule has 9 heteroatoms. The van der Waals surface area contributed by atoms with Gasteiger partial charge in [-0.25, -0.2) is 0 Å². The van der Waals surface area contributed by atoms with E-state index in [1.165, 1.54) is 0 Å². The number of amides is 2. The van der Waals surface area contributed by atoms with Crippen molar-refractivity contribution in [1.82, 2.24) is 16.0 Å². The molecule has 2 amide bonds. The van der Waals surface area contributed by atoms with Crippen LogP contribution in [0.15, 0.2) is 0 Å². The van der Waals surface area contributed by atoms with E-state index in [2.05, 4.69) is 16.0 Å². The first-order valence-corrected chi connectivity index (χ1v) is 11.1. The number of carbonyl (C=O) groups is 2. The van der Waals surface area contributed by atoms with Crippen LogP contribution in [-0.4, -0.2) is 65.2 Å². The third-order valence-corrected chi connectivity index (χ3v) is 7.57. The molecule has 158 valence electrons. The van der Waals surface area contributed by atoms with E-state index in [9.17, 15) is 9.59 Å². The van der Waals surface area contributed by atoms with E-state index in [0.717, 1.165) is 38.5 Å². The summed E-state index contributed by atoms with van der Waals surface area (Å²) in [6.45, 7) is 2.61. The van der Waals surface area contributed by atoms with E-state index in [-0.39, 0.29) is 52.6 Å². The molecule has 1 aliphatic heterocycles. The normalized spacial score (nSPS) is 44.3. The molecule has 2 bridgehead atoms. The summed E-state index contributed by atoms with van der Waals surface area (Å²) in [5.41, 5.74) is -0.360. The highest BCUT2D eigenvalue weighted by Crippen LogP contribution is 2.60. The van der Waals surface area contributed by atoms with E-state index in [4.69, 9.17) is 32.7 Å². The van der Waals surface area contributed by atoms with Gasteiger partial charge in [0.25, 0.3) is 5.91 Å². The average molecular weight is 434 g/mol. The highest BCUT2D eigenvalue weighted by molar-refractivity contribution is 6.30. The van der Waals surface area contributed by atoms with Crippen LogP contribution in [0.25, 0.3) is 0 Å². The standard InChI is InChI=1S/C19H29Cl2N3O4/c1-2-16-22-6-14(28-16)17(26)24-19-8-18(9-19,10-19)23-15(25)7-27-11-3-4-12(20)13(21)5-11/h11-14,16,22H,2-10H2,1H3,(H,23,25)(H,24,26). The number of hydrogen-bond donors (Lipinski definition) is 3. The first-order chi connectivity index (χ1) is 13.3. The van der Waals surface area contributed by atoms with Crippen LogP contribution in [0.2, 0.25) is 0 Å². The Morgan fingerprint density at radius 3 is 2.50 bits per heavy atom. The SMILES string of the molecule is CCC1NCC(C(=O)NC23CC(NC(=O)COC4CCC(Cl)C(Cl)C4)(C2)C3)O1. The molecular weight excluding hydrogens is 405 g/mol. The summed E-state index contributed by atoms with van der Waals surface area (Å²) in [5, 5.41) is 9.27. The fraction of sp³-hybridized carbons (Fsp3) is 0.895. The molecule has 0 aromatic carbocycles. The van der Waals surface area contributed by atoms with Crippen molar-refractivity contribution in [1.29, 1.82) is 0 Å². The number of carbonyl (C=O) groups excluding carboxylic acids is 2. The zero-order valence-corrected chi connectivity index (χ0v) is 17.7. The molecule has 0 radical (unpaired) electrons. The van der Waals surface area contributed by atoms with Crippen molar-refractivity contribution in [3.8, 4) is 0 Å². The van der Waals surface area contributed by atoms with Crippen LogP contribution in [0.3, 0.4) is 0 Å². The quantitative estimate of drug-likeness (QED) is 0.528. The van der Waals surface area contributed by atoms with Gasteiger partial charge in [0.1, 0.15) is 12.8 Å². The Balaban J connectivity index is 1.15. The molecule has 1 saturated heterocycles. The fourth-order valence-corrected chi connectivity index (χ4v) is 5.60. The monoisotopic (exact) mass is 433 g/mol. The minimum absolute atomic E-state index is 0.00567. The Bertz CT molecular complexity index is 615. The first-order valence-electron chi connectivity index (χ1n) is 10.2. The van der Waals surface area contributed by atoms with Gasteiger partial charge >= 0.3 is 0 Å². The zero-order chi connectivity index (χ0) is 19.9. The second-order valence-corrected chi connectivity index (χ2v) is 9.96. The summed E-state index contributed by atoms with van der Waals surface area (Å²) >= 11 is 12.3. The van der Waals surface area contributed by atoms with E-state index < -0.39 is 6.10 Å². The van der Waals surface area contributed by atoms with Gasteiger partial charge in [-0.1, -0.05) is 6.92 Å². The molecular formula is C19H29Cl2N3O4. The van der Waals surface area contributed by atoms with Gasteiger partial charge < -0.3 is 20.1 Å². The lowest BCUT2D eigenvalue weighted by Crippen LogP contribution is -2.84. The maximum atomic E-state index is 12.4. The second kappa shape index (κ2) is 7.91. The molecule has 5 fully saturated rings. The minimum atomic E-state index is -0.424. The van der Waals surface area contributed by atoms with Gasteiger partial charge in [0.2, 0.25) is 5.91 Å². The van der Waals surface area contributed by atoms with Crippen molar-refractivity contribution >= 4 is 35.0 Å². The van der Waals surface area contributed by atoms with Crippen LogP contribution in [-0.2, 0) is 19.1 Å². The van der Waals surface area contributed by atoms with E-state index in [1.807, 2.05) is 6.92 Å². The molecule has 4 aliphatic carbocycles. The molecule has 5 atom stereocenters. The van der Waals surface area contributed by atoms with Crippen molar-refractivity contribution in [2.24, 2.45) is 0 Å². The van der Waals surface area contributed by atoms with Crippen LogP contribution in [0.1, 0.15) is 51.9 Å². The number of rotatable bonds is 7. The van der Waals surface area contributed by atoms with Crippen LogP contribution < -0.4 is 16.0 Å². The summed E-state index contributed by atoms with van der Waals surface area (Å²) in [5.74, 6) is -0.162. The lowest BCUT2D eigenvalue weighted by Gasteiger charge is -2.70. The minimum Gasteiger partial charge on any atom is -0.368 e. The highest BCUT2D eigenvalue weighted by atomic mass is 35.5. The Morgan fingerprint density at radius 2 is 1.86 bits per heavy atom. The molecule has 0 aromatic heterocycles. The van der Waals surface area contributed by atoms with Gasteiger partial charge in [0.05, 0.1) is 16.9 Å². The van der Waals surface area contributed by atoms with Crippen LogP contribution in [0.4, 0.5) is 0 Å². The number of ether oxygens (including phenoxy) is 2. The third kappa shape index (κ3) is 4.15. The predicted molar refractivity (Wildman–Crippen MR) is 105 cm³/mol. The van der Waals surface area contributed by atoms with E-state index >= 15 is 0 Å². The molecule has 4 saturated carbocycles. The van der Waals surface area contributed by atoms with E-state index in [0.29, 0.717) is 13.0 Å². The van der Waals surface area contributed by atoms with E-state index in [1.54, 1.807) is 0 Å². The first kappa shape index (κ1) is 20.7. The van der Waals surface area contributed by atoms with Crippen molar-refractivity contribution in [2.75, 3.05) is 13.2 Å². The fourth-order valence-electron chi connectivity index (χ4n) is 5.04. The number of nitrogens with one attached hydrogen (secondary N) is 3. The largest absolute Gasteiger partial charge is 0.368 e. The third-order valence-electron chi connectivity index (χ3n) is 6.44. The highest BCUT2D eigenvalue weighted by Gasteiger charge is 2.69. The number of hydrogen-bond acceptors (Lipinski definition) is 5. The van der Waals surface area contributed by atoms with Gasteiger partial charge in [0.15, 0.2) is 6.10 Å². The Kier molecular flexibility index (Phi) is 5.84. The molecule has 0 aromatic rings. The molecule has 0 spiro atoms. The molecule has 7 nitrogen and oxygen atoms in total. The number of halogens is 2. The lowest BCUT2D eigenvalue weighted by molar-refractivity contribution is -0.157. The van der Waals surface area contributed by atoms with Crippen molar-refractivity contribution < 1.29 is 19.1 Å². The van der Waals surface area contributed by atoms with Crippen molar-refractivity contribution in [2.45, 2.75) is 92.1 Å². The smallest absolute Gasteiger partial charge is 0.250 e. The molecule has 5 aliphatic rings. The topological polar surface area (TPSA) is 88.7 Å². The molecule has 3 N–H and O–H groups in total. The summed E-state index contributed by atoms with van der Waals surface area (Å²) in [6.07, 6.45) is 5.02. The Morgan fingerprint density at radius 1 is 1.14 bits per heavy atom. The zero-order valence-electron chi connectivity index (χ0n) is 16.1. The summed E-state index contributed by atoms with van der Waals surface area (Å²) in [6, 6.07) is 0. The van der Waals surface area contributed by atoms with Gasteiger partial charge in [-0.2, -0.15) is 0 Å². The summed E-state index contributed by atoms with van der Waals surface area (Å²) in [7, 11) is 0. The molecule has 5 unspecified atom stereocenters. The van der Waals surface area contributed by atoms with Gasteiger partial charge in [-0.15, -0.1) is 23.2 Å². The van der Waals surface area contributed by atoms with Crippen LogP contribution in [0, 0.1) is 0 Å². The maximum absolute atomic E-state index is 12.4. The van der Waals surface area contributed by atoms with Crippen LogP contribution in [0.5, 0.6) is 0 Å². The number of alkyl halides is 2. The lowest BCUT2D eigenvalue weighted by atomic mass is 9.44. The average Bonchev–Trinajstić information content (AvgIpc) is 3.09. The van der Waals surface area contributed by atoms with Crippen molar-refractivity contribution in [3.05, 3.63) is 0 Å². The maximum Gasteiger partial charge on any atom is 0.250 e. The molecule has 1 heterocycles. The molecule has 28 heavy (non-hydrogen) atoms. The summed E-state index contributed by atoms with van der Waals surface area (Å²) < 4.78 is 11.4. The summed E-state index contributed by atoms with van der Waals surface area (Å²) in [4.78, 5) is 24.6. The van der Waals surface area contributed by atoms with Gasteiger partial charge in [-0.3, -0.25) is 14.9 Å². The van der Waals surface area contributed by atoms with Crippen molar-refractivity contribution in [3.63, 3.8) is 0 Å². The van der Waals surface area contributed by atoms with Gasteiger partial charge in [-0.05, 0) is 44.9 Å². The Labute approximate surface area is 175 Å².